The summed E-state index contributed by atoms with van der Waals surface area (Å²) >= 11 is 0. The summed E-state index contributed by atoms with van der Waals surface area (Å²) in [5, 5.41) is 18.8. The van der Waals surface area contributed by atoms with Crippen molar-refractivity contribution in [1.29, 1.82) is 0 Å². The van der Waals surface area contributed by atoms with Crippen LogP contribution in [0.3, 0.4) is 0 Å². The maximum absolute atomic E-state index is 11.3. The number of rotatable bonds is 5. The van der Waals surface area contributed by atoms with Gasteiger partial charge in [-0.2, -0.15) is 5.10 Å². The molecule has 0 unspecified atom stereocenters. The summed E-state index contributed by atoms with van der Waals surface area (Å²) in [4.78, 5) is 15.6. The second-order valence-corrected chi connectivity index (χ2v) is 6.01. The van der Waals surface area contributed by atoms with Crippen LogP contribution < -0.4 is 5.32 Å². The van der Waals surface area contributed by atoms with Crippen molar-refractivity contribution < 1.29 is 4.92 Å². The minimum Gasteiger partial charge on any atom is -0.364 e. The lowest BCUT2D eigenvalue weighted by molar-refractivity contribution is -0.384. The predicted molar refractivity (Wildman–Crippen MR) is 86.7 cm³/mol. The van der Waals surface area contributed by atoms with Gasteiger partial charge in [0, 0.05) is 31.7 Å². The number of aromatic nitrogens is 4. The average Bonchev–Trinajstić information content (AvgIpc) is 3.03. The number of aryl methyl sites for hydroxylation is 4. The van der Waals surface area contributed by atoms with Crippen molar-refractivity contribution in [3.8, 4) is 0 Å². The van der Waals surface area contributed by atoms with Crippen molar-refractivity contribution in [1.82, 2.24) is 19.3 Å². The fourth-order valence-electron chi connectivity index (χ4n) is 3.32. The Bertz CT molecular complexity index is 733. The van der Waals surface area contributed by atoms with Crippen LogP contribution in [0.1, 0.15) is 42.9 Å². The zero-order chi connectivity index (χ0) is 16.6. The van der Waals surface area contributed by atoms with Gasteiger partial charge in [0.2, 0.25) is 5.82 Å². The molecule has 124 valence electrons. The Hall–Kier alpha value is -2.38. The van der Waals surface area contributed by atoms with Crippen LogP contribution in [0.15, 0.2) is 6.20 Å². The Balaban J connectivity index is 1.83. The molecule has 3 heterocycles. The lowest BCUT2D eigenvalue weighted by atomic mass is 9.99. The SMILES string of the molecule is CCn1nc(C)c([N+](=O)[O-])c1NC[C@H]1CCCn2cc(C)nc21. The number of anilines is 1. The Morgan fingerprint density at radius 3 is 2.96 bits per heavy atom. The average molecular weight is 318 g/mol. The molecule has 8 nitrogen and oxygen atoms in total. The van der Waals surface area contributed by atoms with E-state index in [1.807, 2.05) is 13.8 Å². The Kier molecular flexibility index (Phi) is 4.06. The van der Waals surface area contributed by atoms with Crippen LogP contribution in [0.2, 0.25) is 0 Å². The summed E-state index contributed by atoms with van der Waals surface area (Å²) in [6, 6.07) is 0. The molecule has 2 aromatic rings. The summed E-state index contributed by atoms with van der Waals surface area (Å²) in [6.07, 6.45) is 4.21. The van der Waals surface area contributed by atoms with E-state index >= 15 is 0 Å². The third-order valence-corrected chi connectivity index (χ3v) is 4.34. The topological polar surface area (TPSA) is 90.8 Å². The van der Waals surface area contributed by atoms with Crippen LogP contribution in [0, 0.1) is 24.0 Å². The zero-order valence-corrected chi connectivity index (χ0v) is 13.7. The van der Waals surface area contributed by atoms with E-state index in [0.29, 0.717) is 24.6 Å². The molecular weight excluding hydrogens is 296 g/mol. The second-order valence-electron chi connectivity index (χ2n) is 6.01. The predicted octanol–water partition coefficient (Wildman–Crippen LogP) is 2.61. The molecule has 1 aliphatic heterocycles. The van der Waals surface area contributed by atoms with Gasteiger partial charge in [-0.05, 0) is 33.6 Å². The van der Waals surface area contributed by atoms with Crippen molar-refractivity contribution >= 4 is 11.5 Å². The Morgan fingerprint density at radius 2 is 2.26 bits per heavy atom. The van der Waals surface area contributed by atoms with Gasteiger partial charge in [-0.15, -0.1) is 0 Å². The molecular formula is C15H22N6O2. The smallest absolute Gasteiger partial charge is 0.333 e. The van der Waals surface area contributed by atoms with Crippen LogP contribution in [0.5, 0.6) is 0 Å². The zero-order valence-electron chi connectivity index (χ0n) is 13.7. The molecule has 0 saturated carbocycles. The van der Waals surface area contributed by atoms with Crippen LogP contribution in [0.4, 0.5) is 11.5 Å². The number of fused-ring (bicyclic) bond motifs is 1. The van der Waals surface area contributed by atoms with E-state index in [2.05, 4.69) is 26.2 Å². The van der Waals surface area contributed by atoms with E-state index in [4.69, 9.17) is 0 Å². The third kappa shape index (κ3) is 2.80. The first-order valence-electron chi connectivity index (χ1n) is 8.00. The van der Waals surface area contributed by atoms with Gasteiger partial charge in [-0.1, -0.05) is 0 Å². The monoisotopic (exact) mass is 318 g/mol. The van der Waals surface area contributed by atoms with E-state index in [1.165, 1.54) is 0 Å². The molecule has 1 N–H and O–H groups in total. The van der Waals surface area contributed by atoms with Crippen LogP contribution in [-0.4, -0.2) is 30.8 Å². The molecule has 0 amide bonds. The summed E-state index contributed by atoms with van der Waals surface area (Å²) in [7, 11) is 0. The van der Waals surface area contributed by atoms with Gasteiger partial charge in [-0.25, -0.2) is 9.67 Å². The molecule has 2 aromatic heterocycles. The van der Waals surface area contributed by atoms with Crippen LogP contribution in [0.25, 0.3) is 0 Å². The normalized spacial score (nSPS) is 17.1. The first-order valence-corrected chi connectivity index (χ1v) is 8.00. The van der Waals surface area contributed by atoms with Crippen molar-refractivity contribution in [2.24, 2.45) is 0 Å². The summed E-state index contributed by atoms with van der Waals surface area (Å²) in [5.41, 5.74) is 1.54. The molecule has 0 aromatic carbocycles. The molecule has 0 spiro atoms. The van der Waals surface area contributed by atoms with E-state index in [1.54, 1.807) is 11.6 Å². The lowest BCUT2D eigenvalue weighted by Gasteiger charge is -2.23. The van der Waals surface area contributed by atoms with Gasteiger partial charge in [0.1, 0.15) is 11.5 Å². The standard InChI is InChI=1S/C15H22N6O2/c1-4-20-15(13(21(22)23)11(3)18-20)16-8-12-6-5-7-19-9-10(2)17-14(12)19/h9,12,16H,4-8H2,1-3H3/t12-/m1/s1. The van der Waals surface area contributed by atoms with Crippen LogP contribution >= 0.6 is 0 Å². The Morgan fingerprint density at radius 1 is 1.48 bits per heavy atom. The first kappa shape index (κ1) is 15.5. The molecule has 0 fully saturated rings. The number of imidazole rings is 1. The molecule has 0 radical (unpaired) electrons. The number of hydrogen-bond acceptors (Lipinski definition) is 5. The van der Waals surface area contributed by atoms with Gasteiger partial charge in [0.25, 0.3) is 0 Å². The molecule has 0 bridgehead atoms. The highest BCUT2D eigenvalue weighted by Gasteiger charge is 2.27. The van der Waals surface area contributed by atoms with Gasteiger partial charge < -0.3 is 9.88 Å². The molecule has 1 aliphatic rings. The van der Waals surface area contributed by atoms with Gasteiger partial charge in [0.15, 0.2) is 0 Å². The van der Waals surface area contributed by atoms with Crippen molar-refractivity contribution in [3.63, 3.8) is 0 Å². The van der Waals surface area contributed by atoms with Gasteiger partial charge >= 0.3 is 5.69 Å². The van der Waals surface area contributed by atoms with E-state index in [-0.39, 0.29) is 16.5 Å². The highest BCUT2D eigenvalue weighted by atomic mass is 16.6. The van der Waals surface area contributed by atoms with Crippen molar-refractivity contribution in [2.75, 3.05) is 11.9 Å². The maximum Gasteiger partial charge on any atom is 0.333 e. The number of hydrogen-bond donors (Lipinski definition) is 1. The summed E-state index contributed by atoms with van der Waals surface area (Å²) in [6.45, 7) is 7.82. The first-order chi connectivity index (χ1) is 11.0. The van der Waals surface area contributed by atoms with E-state index < -0.39 is 0 Å². The fraction of sp³-hybridized carbons (Fsp3) is 0.600. The van der Waals surface area contributed by atoms with E-state index in [9.17, 15) is 10.1 Å². The van der Waals surface area contributed by atoms with E-state index in [0.717, 1.165) is 30.9 Å². The van der Waals surface area contributed by atoms with Gasteiger partial charge in [-0.3, -0.25) is 10.1 Å². The van der Waals surface area contributed by atoms with Crippen molar-refractivity contribution in [3.05, 3.63) is 33.5 Å². The molecule has 3 rings (SSSR count). The molecule has 23 heavy (non-hydrogen) atoms. The fourth-order valence-corrected chi connectivity index (χ4v) is 3.32. The maximum atomic E-state index is 11.3. The highest BCUT2D eigenvalue weighted by Crippen LogP contribution is 2.31. The lowest BCUT2D eigenvalue weighted by Crippen LogP contribution is -2.23. The molecule has 0 aliphatic carbocycles. The number of nitrogens with one attached hydrogen (secondary N) is 1. The summed E-state index contributed by atoms with van der Waals surface area (Å²) in [5.74, 6) is 1.83. The number of nitro groups is 1. The minimum absolute atomic E-state index is 0.0715. The molecule has 0 saturated heterocycles. The Labute approximate surface area is 134 Å². The quantitative estimate of drug-likeness (QED) is 0.676. The highest BCUT2D eigenvalue weighted by molar-refractivity contribution is 5.59. The van der Waals surface area contributed by atoms with Crippen LogP contribution in [-0.2, 0) is 13.1 Å². The minimum atomic E-state index is -0.358. The third-order valence-electron chi connectivity index (χ3n) is 4.34. The molecule has 8 heteroatoms. The largest absolute Gasteiger partial charge is 0.364 e. The van der Waals surface area contributed by atoms with Crippen molar-refractivity contribution in [2.45, 2.75) is 52.6 Å². The second kappa shape index (κ2) is 6.02. The number of nitrogens with zero attached hydrogens (tertiary/aromatic N) is 5. The van der Waals surface area contributed by atoms with Gasteiger partial charge in [0.05, 0.1) is 10.6 Å². The molecule has 1 atom stereocenters. The summed E-state index contributed by atoms with van der Waals surface area (Å²) < 4.78 is 3.86.